The van der Waals surface area contributed by atoms with Gasteiger partial charge in [0.2, 0.25) is 0 Å². The summed E-state index contributed by atoms with van der Waals surface area (Å²) >= 11 is 0. The Hall–Kier alpha value is -0.870. The fourth-order valence-corrected chi connectivity index (χ4v) is 2.17. The normalized spacial score (nSPS) is 22.4. The van der Waals surface area contributed by atoms with E-state index < -0.39 is 0 Å². The zero-order valence-corrected chi connectivity index (χ0v) is 9.37. The first-order valence-corrected chi connectivity index (χ1v) is 5.72. The summed E-state index contributed by atoms with van der Waals surface area (Å²) in [6.07, 6.45) is 5.22. The summed E-state index contributed by atoms with van der Waals surface area (Å²) in [5.41, 5.74) is 6.77. The van der Waals surface area contributed by atoms with Crippen LogP contribution in [0, 0.1) is 0 Å². The number of H-pyrrole nitrogens is 1. The third kappa shape index (κ3) is 2.58. The van der Waals surface area contributed by atoms with E-state index in [1.54, 1.807) is 0 Å². The van der Waals surface area contributed by atoms with E-state index in [0.717, 1.165) is 31.8 Å². The molecule has 1 unspecified atom stereocenters. The second-order valence-corrected chi connectivity index (χ2v) is 4.43. The Morgan fingerprint density at radius 2 is 2.53 bits per heavy atom. The highest BCUT2D eigenvalue weighted by Gasteiger charge is 2.22. The van der Waals surface area contributed by atoms with Crippen molar-refractivity contribution in [3.63, 3.8) is 0 Å². The highest BCUT2D eigenvalue weighted by Crippen LogP contribution is 2.24. The van der Waals surface area contributed by atoms with Crippen LogP contribution in [0.1, 0.15) is 30.3 Å². The van der Waals surface area contributed by atoms with Crippen molar-refractivity contribution in [1.82, 2.24) is 14.9 Å². The summed E-state index contributed by atoms with van der Waals surface area (Å²) in [7, 11) is 2.17. The van der Waals surface area contributed by atoms with Gasteiger partial charge in [-0.3, -0.25) is 0 Å². The summed E-state index contributed by atoms with van der Waals surface area (Å²) in [5.74, 6) is 1.74. The molecule has 1 aromatic rings. The predicted octanol–water partition coefficient (Wildman–Crippen LogP) is 0.720. The van der Waals surface area contributed by atoms with Gasteiger partial charge in [-0.05, 0) is 33.0 Å². The SMILES string of the molecule is CN1CCC(c2cnc(CCCN)[nH]2)C1. The summed E-state index contributed by atoms with van der Waals surface area (Å²) < 4.78 is 0. The number of aryl methyl sites for hydroxylation is 1. The number of hydrogen-bond acceptors (Lipinski definition) is 3. The molecule has 2 rings (SSSR count). The Balaban J connectivity index is 1.94. The molecule has 3 N–H and O–H groups in total. The minimum absolute atomic E-state index is 0.647. The number of nitrogens with two attached hydrogens (primary N) is 1. The van der Waals surface area contributed by atoms with Crippen molar-refractivity contribution in [2.24, 2.45) is 5.73 Å². The maximum absolute atomic E-state index is 5.48. The molecule has 1 atom stereocenters. The van der Waals surface area contributed by atoms with Crippen LogP contribution in [-0.2, 0) is 6.42 Å². The zero-order valence-electron chi connectivity index (χ0n) is 9.37. The lowest BCUT2D eigenvalue weighted by molar-refractivity contribution is 0.411. The van der Waals surface area contributed by atoms with Gasteiger partial charge >= 0.3 is 0 Å². The van der Waals surface area contributed by atoms with Crippen LogP contribution in [0.3, 0.4) is 0 Å². The van der Waals surface area contributed by atoms with E-state index in [4.69, 9.17) is 5.73 Å². The van der Waals surface area contributed by atoms with Crippen molar-refractivity contribution in [1.29, 1.82) is 0 Å². The van der Waals surface area contributed by atoms with Gasteiger partial charge in [0.1, 0.15) is 5.82 Å². The van der Waals surface area contributed by atoms with Gasteiger partial charge in [-0.15, -0.1) is 0 Å². The number of aromatic nitrogens is 2. The molecule has 1 saturated heterocycles. The molecular formula is C11H20N4. The Morgan fingerprint density at radius 1 is 1.67 bits per heavy atom. The van der Waals surface area contributed by atoms with Crippen LogP contribution >= 0.6 is 0 Å². The molecule has 2 heterocycles. The third-order valence-corrected chi connectivity index (χ3v) is 3.10. The van der Waals surface area contributed by atoms with Crippen LogP contribution in [0.4, 0.5) is 0 Å². The second kappa shape index (κ2) is 4.77. The molecule has 0 bridgehead atoms. The molecular weight excluding hydrogens is 188 g/mol. The molecule has 84 valence electrons. The summed E-state index contributed by atoms with van der Waals surface area (Å²) in [4.78, 5) is 10.2. The van der Waals surface area contributed by atoms with Gasteiger partial charge in [-0.2, -0.15) is 0 Å². The maximum Gasteiger partial charge on any atom is 0.106 e. The molecule has 1 aliphatic heterocycles. The largest absolute Gasteiger partial charge is 0.346 e. The van der Waals surface area contributed by atoms with E-state index >= 15 is 0 Å². The number of imidazole rings is 1. The molecule has 0 radical (unpaired) electrons. The van der Waals surface area contributed by atoms with Crippen LogP contribution in [0.25, 0.3) is 0 Å². The van der Waals surface area contributed by atoms with Crippen molar-refractivity contribution in [2.75, 3.05) is 26.7 Å². The highest BCUT2D eigenvalue weighted by molar-refractivity contribution is 5.10. The maximum atomic E-state index is 5.48. The number of hydrogen-bond donors (Lipinski definition) is 2. The highest BCUT2D eigenvalue weighted by atomic mass is 15.1. The smallest absolute Gasteiger partial charge is 0.106 e. The van der Waals surface area contributed by atoms with Gasteiger partial charge in [0.05, 0.1) is 0 Å². The quantitative estimate of drug-likeness (QED) is 0.766. The molecule has 1 aromatic heterocycles. The number of likely N-dealkylation sites (tertiary alicyclic amines) is 1. The molecule has 15 heavy (non-hydrogen) atoms. The first-order chi connectivity index (χ1) is 7.29. The van der Waals surface area contributed by atoms with Crippen LogP contribution in [-0.4, -0.2) is 41.5 Å². The number of aromatic amines is 1. The van der Waals surface area contributed by atoms with Crippen molar-refractivity contribution in [3.05, 3.63) is 17.7 Å². The van der Waals surface area contributed by atoms with Gasteiger partial charge in [0, 0.05) is 30.8 Å². The molecule has 1 aliphatic rings. The van der Waals surface area contributed by atoms with Gasteiger partial charge in [-0.1, -0.05) is 0 Å². The average Bonchev–Trinajstić information content (AvgIpc) is 2.83. The lowest BCUT2D eigenvalue weighted by Crippen LogP contribution is -2.13. The minimum Gasteiger partial charge on any atom is -0.346 e. The van der Waals surface area contributed by atoms with Crippen LogP contribution in [0.15, 0.2) is 6.20 Å². The Labute approximate surface area is 90.9 Å². The molecule has 4 heteroatoms. The van der Waals surface area contributed by atoms with Gasteiger partial charge in [0.25, 0.3) is 0 Å². The zero-order chi connectivity index (χ0) is 10.7. The second-order valence-electron chi connectivity index (χ2n) is 4.43. The topological polar surface area (TPSA) is 57.9 Å². The molecule has 0 amide bonds. The molecule has 0 saturated carbocycles. The van der Waals surface area contributed by atoms with Crippen molar-refractivity contribution < 1.29 is 0 Å². The van der Waals surface area contributed by atoms with E-state index in [-0.39, 0.29) is 0 Å². The van der Waals surface area contributed by atoms with Crippen LogP contribution < -0.4 is 5.73 Å². The Kier molecular flexibility index (Phi) is 3.38. The average molecular weight is 208 g/mol. The van der Waals surface area contributed by atoms with Crippen LogP contribution in [0.2, 0.25) is 0 Å². The lowest BCUT2D eigenvalue weighted by Gasteiger charge is -2.07. The molecule has 0 aromatic carbocycles. The van der Waals surface area contributed by atoms with Gasteiger partial charge in [0.15, 0.2) is 0 Å². The van der Waals surface area contributed by atoms with Gasteiger partial charge < -0.3 is 15.6 Å². The number of nitrogens with zero attached hydrogens (tertiary/aromatic N) is 2. The van der Waals surface area contributed by atoms with E-state index in [1.165, 1.54) is 18.7 Å². The fraction of sp³-hybridized carbons (Fsp3) is 0.727. The van der Waals surface area contributed by atoms with E-state index in [1.807, 2.05) is 6.20 Å². The van der Waals surface area contributed by atoms with Crippen molar-refractivity contribution in [3.8, 4) is 0 Å². The predicted molar refractivity (Wildman–Crippen MR) is 60.8 cm³/mol. The first kappa shape index (κ1) is 10.6. The standard InChI is InChI=1S/C11H20N4/c1-15-6-4-9(8-15)10-7-13-11(14-10)3-2-5-12/h7,9H,2-6,8,12H2,1H3,(H,13,14). The third-order valence-electron chi connectivity index (χ3n) is 3.10. The van der Waals surface area contributed by atoms with Crippen molar-refractivity contribution >= 4 is 0 Å². The summed E-state index contributed by atoms with van der Waals surface area (Å²) in [6, 6.07) is 0. The number of nitrogens with one attached hydrogen (secondary N) is 1. The molecule has 1 fully saturated rings. The van der Waals surface area contributed by atoms with Crippen molar-refractivity contribution in [2.45, 2.75) is 25.2 Å². The van der Waals surface area contributed by atoms with Gasteiger partial charge in [-0.25, -0.2) is 4.98 Å². The van der Waals surface area contributed by atoms with E-state index in [0.29, 0.717) is 5.92 Å². The Morgan fingerprint density at radius 3 is 3.20 bits per heavy atom. The van der Waals surface area contributed by atoms with E-state index in [9.17, 15) is 0 Å². The number of rotatable bonds is 4. The van der Waals surface area contributed by atoms with E-state index in [2.05, 4.69) is 21.9 Å². The molecule has 0 aliphatic carbocycles. The molecule has 4 nitrogen and oxygen atoms in total. The molecule has 0 spiro atoms. The monoisotopic (exact) mass is 208 g/mol. The number of likely N-dealkylation sites (N-methyl/N-ethyl adjacent to an activating group) is 1. The summed E-state index contributed by atoms with van der Waals surface area (Å²) in [6.45, 7) is 3.09. The lowest BCUT2D eigenvalue weighted by atomic mass is 10.1. The summed E-state index contributed by atoms with van der Waals surface area (Å²) in [5, 5.41) is 0. The minimum atomic E-state index is 0.647. The Bertz CT molecular complexity index is 307. The fourth-order valence-electron chi connectivity index (χ4n) is 2.17. The first-order valence-electron chi connectivity index (χ1n) is 5.72. The van der Waals surface area contributed by atoms with Crippen LogP contribution in [0.5, 0.6) is 0 Å².